The molecule has 1 saturated heterocycles. The third kappa shape index (κ3) is 4.43. The van der Waals surface area contributed by atoms with Crippen molar-refractivity contribution >= 4 is 21.6 Å². The van der Waals surface area contributed by atoms with Crippen LogP contribution in [0.4, 0.5) is 0 Å². The molecular weight excluding hydrogens is 256 g/mol. The van der Waals surface area contributed by atoms with E-state index in [-0.39, 0.29) is 22.3 Å². The number of hydrazine groups is 1. The van der Waals surface area contributed by atoms with Gasteiger partial charge in [-0.1, -0.05) is 6.92 Å². The van der Waals surface area contributed by atoms with Crippen LogP contribution in [0.15, 0.2) is 0 Å². The molecule has 1 rings (SSSR count). The van der Waals surface area contributed by atoms with Gasteiger partial charge in [-0.05, 0) is 38.4 Å². The monoisotopic (exact) mass is 280 g/mol. The highest BCUT2D eigenvalue weighted by Crippen LogP contribution is 2.41. The van der Waals surface area contributed by atoms with Crippen molar-refractivity contribution < 1.29 is 8.42 Å². The van der Waals surface area contributed by atoms with Gasteiger partial charge in [-0.2, -0.15) is 11.8 Å². The van der Waals surface area contributed by atoms with Crippen LogP contribution in [0.2, 0.25) is 0 Å². The van der Waals surface area contributed by atoms with E-state index in [0.29, 0.717) is 6.42 Å². The fraction of sp³-hybridized carbons (Fsp3) is 1.00. The Kier molecular flexibility index (Phi) is 5.76. The molecule has 1 heterocycles. The maximum Gasteiger partial charge on any atom is 0.150 e. The van der Waals surface area contributed by atoms with Crippen molar-refractivity contribution in [1.82, 2.24) is 5.43 Å². The summed E-state index contributed by atoms with van der Waals surface area (Å²) >= 11 is 1.95. The molecule has 0 aromatic carbocycles. The maximum absolute atomic E-state index is 11.4. The smallest absolute Gasteiger partial charge is 0.150 e. The zero-order chi connectivity index (χ0) is 12.9. The van der Waals surface area contributed by atoms with Gasteiger partial charge in [0, 0.05) is 16.5 Å². The molecule has 4 nitrogen and oxygen atoms in total. The molecule has 102 valence electrons. The normalized spacial score (nSPS) is 27.2. The Morgan fingerprint density at radius 1 is 1.53 bits per heavy atom. The number of rotatable bonds is 7. The molecule has 0 amide bonds. The zero-order valence-corrected chi connectivity index (χ0v) is 12.4. The highest BCUT2D eigenvalue weighted by molar-refractivity contribution is 8.00. The van der Waals surface area contributed by atoms with Crippen molar-refractivity contribution in [2.75, 3.05) is 17.3 Å². The largest absolute Gasteiger partial charge is 0.271 e. The van der Waals surface area contributed by atoms with Gasteiger partial charge in [0.1, 0.15) is 9.84 Å². The SMILES string of the molecule is CCS(=O)(=O)CCCC(NN)C1(C)CCCS1. The summed E-state index contributed by atoms with van der Waals surface area (Å²) in [7, 11) is -2.84. The van der Waals surface area contributed by atoms with E-state index in [1.54, 1.807) is 6.92 Å². The van der Waals surface area contributed by atoms with Crippen LogP contribution in [-0.2, 0) is 9.84 Å². The lowest BCUT2D eigenvalue weighted by atomic mass is 9.93. The van der Waals surface area contributed by atoms with Crippen LogP contribution in [0, 0.1) is 0 Å². The van der Waals surface area contributed by atoms with E-state index in [4.69, 9.17) is 5.84 Å². The van der Waals surface area contributed by atoms with Gasteiger partial charge < -0.3 is 0 Å². The van der Waals surface area contributed by atoms with Crippen LogP contribution in [0.5, 0.6) is 0 Å². The van der Waals surface area contributed by atoms with Crippen LogP contribution < -0.4 is 11.3 Å². The summed E-state index contributed by atoms with van der Waals surface area (Å²) in [5.74, 6) is 7.31. The number of nitrogens with one attached hydrogen (secondary N) is 1. The minimum Gasteiger partial charge on any atom is -0.271 e. The summed E-state index contributed by atoms with van der Waals surface area (Å²) < 4.78 is 23.0. The van der Waals surface area contributed by atoms with Gasteiger partial charge >= 0.3 is 0 Å². The first-order valence-electron chi connectivity index (χ1n) is 6.24. The second-order valence-corrected chi connectivity index (χ2v) is 8.96. The molecular formula is C11H24N2O2S2. The Balaban J connectivity index is 2.43. The average Bonchev–Trinajstić information content (AvgIpc) is 2.72. The van der Waals surface area contributed by atoms with Crippen LogP contribution in [0.1, 0.15) is 39.5 Å². The summed E-state index contributed by atoms with van der Waals surface area (Å²) in [6.45, 7) is 3.92. The topological polar surface area (TPSA) is 72.2 Å². The van der Waals surface area contributed by atoms with Crippen molar-refractivity contribution in [3.63, 3.8) is 0 Å². The summed E-state index contributed by atoms with van der Waals surface area (Å²) in [6.07, 6.45) is 3.92. The maximum atomic E-state index is 11.4. The van der Waals surface area contributed by atoms with E-state index in [9.17, 15) is 8.42 Å². The molecule has 1 aliphatic heterocycles. The molecule has 0 saturated carbocycles. The third-order valence-corrected chi connectivity index (χ3v) is 7.01. The molecule has 3 N–H and O–H groups in total. The number of hydrogen-bond acceptors (Lipinski definition) is 5. The molecule has 0 aliphatic carbocycles. The number of nitrogens with two attached hydrogens (primary N) is 1. The predicted octanol–water partition coefficient (Wildman–Crippen LogP) is 1.32. The van der Waals surface area contributed by atoms with E-state index in [1.165, 1.54) is 12.2 Å². The van der Waals surface area contributed by atoms with Crippen LogP contribution in [0.3, 0.4) is 0 Å². The molecule has 0 aromatic heterocycles. The lowest BCUT2D eigenvalue weighted by Gasteiger charge is -2.32. The summed E-state index contributed by atoms with van der Waals surface area (Å²) in [5, 5.41) is 0. The van der Waals surface area contributed by atoms with E-state index >= 15 is 0 Å². The number of hydrogen-bond donors (Lipinski definition) is 2. The van der Waals surface area contributed by atoms with Crippen LogP contribution in [-0.4, -0.2) is 36.5 Å². The van der Waals surface area contributed by atoms with Gasteiger partial charge in [0.05, 0.1) is 5.75 Å². The number of thioether (sulfide) groups is 1. The van der Waals surface area contributed by atoms with E-state index in [1.807, 2.05) is 11.8 Å². The Hall–Kier alpha value is 0.220. The Morgan fingerprint density at radius 3 is 2.71 bits per heavy atom. The van der Waals surface area contributed by atoms with Crippen molar-refractivity contribution in [3.05, 3.63) is 0 Å². The summed E-state index contributed by atoms with van der Waals surface area (Å²) in [4.78, 5) is 0. The van der Waals surface area contributed by atoms with Gasteiger partial charge in [0.2, 0.25) is 0 Å². The lowest BCUT2D eigenvalue weighted by molar-refractivity contribution is 0.383. The molecule has 2 atom stereocenters. The second-order valence-electron chi connectivity index (χ2n) is 4.86. The Morgan fingerprint density at radius 2 is 2.24 bits per heavy atom. The molecule has 0 radical (unpaired) electrons. The first-order valence-corrected chi connectivity index (χ1v) is 9.05. The Labute approximate surface area is 109 Å². The molecule has 17 heavy (non-hydrogen) atoms. The zero-order valence-electron chi connectivity index (χ0n) is 10.7. The first-order chi connectivity index (χ1) is 7.93. The van der Waals surface area contributed by atoms with Gasteiger partial charge in [0.25, 0.3) is 0 Å². The second kappa shape index (κ2) is 6.41. The quantitative estimate of drug-likeness (QED) is 0.543. The van der Waals surface area contributed by atoms with E-state index < -0.39 is 9.84 Å². The van der Waals surface area contributed by atoms with Crippen molar-refractivity contribution in [2.24, 2.45) is 5.84 Å². The highest BCUT2D eigenvalue weighted by Gasteiger charge is 2.36. The number of sulfone groups is 1. The molecule has 0 aromatic rings. The van der Waals surface area contributed by atoms with Crippen molar-refractivity contribution in [3.8, 4) is 0 Å². The minimum absolute atomic E-state index is 0.171. The molecule has 2 unspecified atom stereocenters. The van der Waals surface area contributed by atoms with Crippen LogP contribution >= 0.6 is 11.8 Å². The standard InChI is InChI=1S/C11H24N2O2S2/c1-3-17(14,15)9-4-6-10(13-12)11(2)7-5-8-16-11/h10,13H,3-9,12H2,1-2H3. The van der Waals surface area contributed by atoms with E-state index in [2.05, 4.69) is 12.3 Å². The van der Waals surface area contributed by atoms with Gasteiger partial charge in [-0.3, -0.25) is 11.3 Å². The fourth-order valence-electron chi connectivity index (χ4n) is 2.29. The average molecular weight is 280 g/mol. The molecule has 0 bridgehead atoms. The predicted molar refractivity (Wildman–Crippen MR) is 74.8 cm³/mol. The molecule has 1 aliphatic rings. The Bertz CT molecular complexity index is 324. The van der Waals surface area contributed by atoms with Crippen LogP contribution in [0.25, 0.3) is 0 Å². The van der Waals surface area contributed by atoms with E-state index in [0.717, 1.165) is 12.8 Å². The van der Waals surface area contributed by atoms with Gasteiger partial charge in [-0.15, -0.1) is 0 Å². The highest BCUT2D eigenvalue weighted by atomic mass is 32.2. The van der Waals surface area contributed by atoms with Gasteiger partial charge in [0.15, 0.2) is 0 Å². The van der Waals surface area contributed by atoms with Gasteiger partial charge in [-0.25, -0.2) is 8.42 Å². The molecule has 1 fully saturated rings. The summed E-state index contributed by atoms with van der Waals surface area (Å²) in [6, 6.07) is 0.210. The molecule has 6 heteroatoms. The fourth-order valence-corrected chi connectivity index (χ4v) is 4.62. The van der Waals surface area contributed by atoms with Crippen molar-refractivity contribution in [1.29, 1.82) is 0 Å². The summed E-state index contributed by atoms with van der Waals surface area (Å²) in [5.41, 5.74) is 2.87. The minimum atomic E-state index is -2.84. The molecule has 0 spiro atoms. The first kappa shape index (κ1) is 15.3. The lowest BCUT2D eigenvalue weighted by Crippen LogP contribution is -2.48. The third-order valence-electron chi connectivity index (χ3n) is 3.58. The van der Waals surface area contributed by atoms with Crippen molar-refractivity contribution in [2.45, 2.75) is 50.3 Å².